The van der Waals surface area contributed by atoms with E-state index in [1.54, 1.807) is 31.2 Å². The van der Waals surface area contributed by atoms with Crippen molar-refractivity contribution < 1.29 is 27.5 Å². The molecule has 0 aliphatic rings. The number of hydrogen-bond donors (Lipinski definition) is 1. The van der Waals surface area contributed by atoms with Gasteiger partial charge in [0.05, 0.1) is 30.5 Å². The molecule has 0 unspecified atom stereocenters. The van der Waals surface area contributed by atoms with Crippen molar-refractivity contribution in [1.82, 2.24) is 5.32 Å². The lowest BCUT2D eigenvalue weighted by Crippen LogP contribution is -2.40. The Hall–Kier alpha value is -3.92. The number of benzene rings is 2. The van der Waals surface area contributed by atoms with Gasteiger partial charge in [0.2, 0.25) is 5.91 Å². The maximum atomic E-state index is 13.7. The SMILES string of the molecule is C=N/C=C(\C=C/C)NC(=O)CN(c1cc(OC)ccc1OC)S(=O)(=O)c1ccc(C(C)=O)cc1. The van der Waals surface area contributed by atoms with E-state index in [2.05, 4.69) is 17.0 Å². The number of nitrogens with zero attached hydrogens (tertiary/aromatic N) is 2. The number of ether oxygens (including phenoxy) is 2. The molecule has 2 aromatic carbocycles. The Labute approximate surface area is 199 Å². The summed E-state index contributed by atoms with van der Waals surface area (Å²) in [5.74, 6) is -0.237. The minimum atomic E-state index is -4.26. The molecule has 0 aliphatic heterocycles. The third kappa shape index (κ3) is 6.32. The summed E-state index contributed by atoms with van der Waals surface area (Å²) in [5, 5.41) is 2.61. The highest BCUT2D eigenvalue weighted by Crippen LogP contribution is 2.35. The summed E-state index contributed by atoms with van der Waals surface area (Å²) < 4.78 is 38.9. The molecule has 0 aromatic heterocycles. The summed E-state index contributed by atoms with van der Waals surface area (Å²) in [7, 11) is -1.43. The van der Waals surface area contributed by atoms with Gasteiger partial charge in [-0.2, -0.15) is 0 Å². The summed E-state index contributed by atoms with van der Waals surface area (Å²) >= 11 is 0. The number of carbonyl (C=O) groups is 2. The molecule has 0 saturated heterocycles. The van der Waals surface area contributed by atoms with Gasteiger partial charge in [-0.15, -0.1) is 0 Å². The average molecular weight is 486 g/mol. The van der Waals surface area contributed by atoms with Crippen molar-refractivity contribution in [3.8, 4) is 11.5 Å². The maximum absolute atomic E-state index is 13.7. The van der Waals surface area contributed by atoms with Crippen LogP contribution in [0.5, 0.6) is 11.5 Å². The summed E-state index contributed by atoms with van der Waals surface area (Å²) in [6.07, 6.45) is 4.62. The van der Waals surface area contributed by atoms with Crippen LogP contribution in [0.1, 0.15) is 24.2 Å². The monoisotopic (exact) mass is 485 g/mol. The molecule has 0 heterocycles. The predicted octanol–water partition coefficient (Wildman–Crippen LogP) is 3.34. The van der Waals surface area contributed by atoms with E-state index in [9.17, 15) is 18.0 Å². The molecule has 0 saturated carbocycles. The summed E-state index contributed by atoms with van der Waals surface area (Å²) in [6.45, 7) is 5.93. The highest BCUT2D eigenvalue weighted by Gasteiger charge is 2.30. The Morgan fingerprint density at radius 1 is 1.12 bits per heavy atom. The Morgan fingerprint density at radius 2 is 1.79 bits per heavy atom. The zero-order chi connectivity index (χ0) is 25.3. The van der Waals surface area contributed by atoms with Gasteiger partial charge in [-0.1, -0.05) is 18.2 Å². The smallest absolute Gasteiger partial charge is 0.264 e. The van der Waals surface area contributed by atoms with Crippen LogP contribution in [-0.2, 0) is 14.8 Å². The Bertz CT molecular complexity index is 1220. The molecule has 2 aromatic rings. The van der Waals surface area contributed by atoms with Gasteiger partial charge in [-0.3, -0.25) is 18.9 Å². The molecule has 1 N–H and O–H groups in total. The van der Waals surface area contributed by atoms with Gasteiger partial charge in [-0.25, -0.2) is 8.42 Å². The van der Waals surface area contributed by atoms with Gasteiger partial charge in [0.15, 0.2) is 5.78 Å². The van der Waals surface area contributed by atoms with Crippen LogP contribution >= 0.6 is 0 Å². The van der Waals surface area contributed by atoms with Gasteiger partial charge >= 0.3 is 0 Å². The molecule has 0 radical (unpaired) electrons. The second-order valence-corrected chi connectivity index (χ2v) is 8.81. The lowest BCUT2D eigenvalue weighted by molar-refractivity contribution is -0.118. The van der Waals surface area contributed by atoms with Crippen LogP contribution in [0.25, 0.3) is 0 Å². The fraction of sp³-hybridized carbons (Fsp3) is 0.208. The van der Waals surface area contributed by atoms with Crippen LogP contribution in [0.15, 0.2) is 76.4 Å². The first-order chi connectivity index (χ1) is 16.2. The number of carbonyl (C=O) groups excluding carboxylic acids is 2. The Morgan fingerprint density at radius 3 is 2.32 bits per heavy atom. The van der Waals surface area contributed by atoms with Gasteiger partial charge in [0.25, 0.3) is 10.0 Å². The quantitative estimate of drug-likeness (QED) is 0.297. The lowest BCUT2D eigenvalue weighted by Gasteiger charge is -2.26. The summed E-state index contributed by atoms with van der Waals surface area (Å²) in [4.78, 5) is 28.0. The molecule has 9 nitrogen and oxygen atoms in total. The third-order valence-corrected chi connectivity index (χ3v) is 6.43. The van der Waals surface area contributed by atoms with Crippen LogP contribution in [0.4, 0.5) is 5.69 Å². The molecule has 10 heteroatoms. The fourth-order valence-electron chi connectivity index (χ4n) is 3.01. The second kappa shape index (κ2) is 11.8. The van der Waals surface area contributed by atoms with Crippen LogP contribution in [0, 0.1) is 0 Å². The molecule has 0 fully saturated rings. The van der Waals surface area contributed by atoms with E-state index in [-0.39, 0.29) is 22.1 Å². The van der Waals surface area contributed by atoms with Crippen molar-refractivity contribution >= 4 is 34.1 Å². The van der Waals surface area contributed by atoms with Crippen molar-refractivity contribution in [2.75, 3.05) is 25.1 Å². The van der Waals surface area contributed by atoms with Gasteiger partial charge < -0.3 is 14.8 Å². The number of methoxy groups -OCH3 is 2. The van der Waals surface area contributed by atoms with Gasteiger partial charge in [0.1, 0.15) is 18.0 Å². The molecule has 0 bridgehead atoms. The first-order valence-electron chi connectivity index (χ1n) is 10.1. The third-order valence-electron chi connectivity index (χ3n) is 4.65. The highest BCUT2D eigenvalue weighted by atomic mass is 32.2. The van der Waals surface area contributed by atoms with E-state index in [4.69, 9.17) is 9.47 Å². The standard InChI is InChI=1S/C24H27N3O6S/c1-6-7-19(15-25-3)26-24(29)16-27(22-14-20(32-4)10-13-23(22)33-5)34(30,31)21-11-8-18(9-12-21)17(2)28/h6-15H,3,16H2,1-2,4-5H3,(H,26,29)/b7-6-,19-15+. The number of allylic oxidation sites excluding steroid dienone is 2. The number of amides is 1. The molecular weight excluding hydrogens is 458 g/mol. The topological polar surface area (TPSA) is 114 Å². The summed E-state index contributed by atoms with van der Waals surface area (Å²) in [6, 6.07) is 10.1. The predicted molar refractivity (Wildman–Crippen MR) is 131 cm³/mol. The zero-order valence-electron chi connectivity index (χ0n) is 19.4. The number of anilines is 1. The Balaban J connectivity index is 2.60. The molecule has 2 rings (SSSR count). The van der Waals surface area contributed by atoms with Crippen LogP contribution in [0.3, 0.4) is 0 Å². The number of aliphatic imine (C=N–C) groups is 1. The number of rotatable bonds is 11. The number of sulfonamides is 1. The van der Waals surface area contributed by atoms with E-state index in [1.807, 2.05) is 0 Å². The molecule has 0 atom stereocenters. The van der Waals surface area contributed by atoms with E-state index >= 15 is 0 Å². The average Bonchev–Trinajstić information content (AvgIpc) is 2.82. The number of nitrogens with one attached hydrogen (secondary N) is 1. The summed E-state index contributed by atoms with van der Waals surface area (Å²) in [5.41, 5.74) is 0.801. The van der Waals surface area contributed by atoms with Gasteiger partial charge in [-0.05, 0) is 50.9 Å². The number of hydrogen-bond acceptors (Lipinski definition) is 7. The molecule has 0 spiro atoms. The van der Waals surface area contributed by atoms with E-state index in [0.717, 1.165) is 4.31 Å². The lowest BCUT2D eigenvalue weighted by atomic mass is 10.2. The second-order valence-electron chi connectivity index (χ2n) is 6.95. The van der Waals surface area contributed by atoms with E-state index in [1.165, 1.54) is 57.7 Å². The fourth-order valence-corrected chi connectivity index (χ4v) is 4.43. The molecule has 1 amide bonds. The van der Waals surface area contributed by atoms with Crippen molar-refractivity contribution in [2.24, 2.45) is 4.99 Å². The van der Waals surface area contributed by atoms with Crippen molar-refractivity contribution in [1.29, 1.82) is 0 Å². The van der Waals surface area contributed by atoms with Crippen LogP contribution in [-0.4, -0.2) is 47.6 Å². The highest BCUT2D eigenvalue weighted by molar-refractivity contribution is 7.92. The van der Waals surface area contributed by atoms with Crippen molar-refractivity contribution in [3.05, 3.63) is 72.1 Å². The normalized spacial score (nSPS) is 11.7. The number of Topliss-reactive ketones (excluding diaryl/α,β-unsaturated/α-hetero) is 1. The number of ketones is 1. The van der Waals surface area contributed by atoms with Crippen LogP contribution < -0.4 is 19.1 Å². The minimum absolute atomic E-state index is 0.103. The zero-order valence-corrected chi connectivity index (χ0v) is 20.3. The molecule has 180 valence electrons. The van der Waals surface area contributed by atoms with E-state index in [0.29, 0.717) is 17.0 Å². The molecule has 0 aliphatic carbocycles. The first-order valence-corrected chi connectivity index (χ1v) is 11.6. The first kappa shape index (κ1) is 26.3. The Kier molecular flexibility index (Phi) is 9.14. The van der Waals surface area contributed by atoms with Crippen molar-refractivity contribution in [2.45, 2.75) is 18.7 Å². The maximum Gasteiger partial charge on any atom is 0.264 e. The minimum Gasteiger partial charge on any atom is -0.497 e. The van der Waals surface area contributed by atoms with Crippen molar-refractivity contribution in [3.63, 3.8) is 0 Å². The van der Waals surface area contributed by atoms with Gasteiger partial charge in [0, 0.05) is 17.8 Å². The molecule has 34 heavy (non-hydrogen) atoms. The van der Waals surface area contributed by atoms with E-state index < -0.39 is 22.5 Å². The molecular formula is C24H27N3O6S. The largest absolute Gasteiger partial charge is 0.497 e. The van der Waals surface area contributed by atoms with Crippen LogP contribution in [0.2, 0.25) is 0 Å².